The Morgan fingerprint density at radius 2 is 2.06 bits per heavy atom. The lowest BCUT2D eigenvalue weighted by atomic mass is 9.43. The van der Waals surface area contributed by atoms with Crippen molar-refractivity contribution in [3.05, 3.63) is 34.6 Å². The molecule has 2 fully saturated rings. The summed E-state index contributed by atoms with van der Waals surface area (Å²) in [4.78, 5) is 0. The van der Waals surface area contributed by atoms with Crippen LogP contribution < -0.4 is 5.32 Å². The first-order chi connectivity index (χ1) is 8.61. The zero-order chi connectivity index (χ0) is 12.8. The highest BCUT2D eigenvalue weighted by Crippen LogP contribution is 2.65. The predicted molar refractivity (Wildman–Crippen MR) is 72.5 cm³/mol. The summed E-state index contributed by atoms with van der Waals surface area (Å²) in [7, 11) is 1.93. The van der Waals surface area contributed by atoms with Crippen molar-refractivity contribution in [2.75, 3.05) is 13.6 Å². The summed E-state index contributed by atoms with van der Waals surface area (Å²) in [5.74, 6) is -0.146. The van der Waals surface area contributed by atoms with E-state index in [9.17, 15) is 4.39 Å². The molecule has 0 aromatic heterocycles. The van der Waals surface area contributed by atoms with Crippen LogP contribution in [-0.2, 0) is 5.41 Å². The number of likely N-dealkylation sites (N-methyl/N-ethyl adjacent to an activating group) is 1. The average molecular weight is 268 g/mol. The summed E-state index contributed by atoms with van der Waals surface area (Å²) in [5, 5.41) is 3.81. The molecule has 2 saturated carbocycles. The summed E-state index contributed by atoms with van der Waals surface area (Å²) in [5.41, 5.74) is 1.15. The van der Waals surface area contributed by atoms with E-state index in [1.807, 2.05) is 13.1 Å². The first kappa shape index (κ1) is 12.4. The van der Waals surface area contributed by atoms with E-state index < -0.39 is 0 Å². The van der Waals surface area contributed by atoms with Gasteiger partial charge in [-0.3, -0.25) is 0 Å². The largest absolute Gasteiger partial charge is 0.319 e. The van der Waals surface area contributed by atoms with Crippen LogP contribution in [0.2, 0.25) is 5.02 Å². The van der Waals surface area contributed by atoms with Gasteiger partial charge in [0.05, 0.1) is 0 Å². The molecule has 3 rings (SSSR count). The predicted octanol–water partition coefficient (Wildman–Crippen LogP) is 3.90. The van der Waals surface area contributed by atoms with Crippen molar-refractivity contribution < 1.29 is 4.39 Å². The van der Waals surface area contributed by atoms with Crippen LogP contribution in [0.25, 0.3) is 0 Å². The standard InChI is InChI=1S/C15H19ClFN/c1-18-10-15(8-14(9-15)6-3-7-14)13-11(16)4-2-5-12(13)17/h2,4-5,18H,3,6-10H2,1H3. The molecule has 1 aromatic carbocycles. The van der Waals surface area contributed by atoms with Gasteiger partial charge in [-0.2, -0.15) is 0 Å². The molecule has 0 bridgehead atoms. The summed E-state index contributed by atoms with van der Waals surface area (Å²) < 4.78 is 14.2. The Kier molecular flexibility index (Phi) is 2.91. The minimum atomic E-state index is -0.146. The lowest BCUT2D eigenvalue weighted by Gasteiger charge is -2.61. The molecule has 0 saturated heterocycles. The molecule has 3 heteroatoms. The third-order valence-corrected chi connectivity index (χ3v) is 5.16. The topological polar surface area (TPSA) is 12.0 Å². The molecule has 1 N–H and O–H groups in total. The molecular formula is C15H19ClFN. The number of hydrogen-bond acceptors (Lipinski definition) is 1. The van der Waals surface area contributed by atoms with Gasteiger partial charge in [0.25, 0.3) is 0 Å². The number of rotatable bonds is 3. The molecule has 0 atom stereocenters. The maximum absolute atomic E-state index is 14.2. The second-order valence-electron chi connectivity index (χ2n) is 6.11. The zero-order valence-electron chi connectivity index (χ0n) is 10.7. The van der Waals surface area contributed by atoms with Crippen molar-refractivity contribution in [3.8, 4) is 0 Å². The van der Waals surface area contributed by atoms with E-state index in [2.05, 4.69) is 5.32 Å². The van der Waals surface area contributed by atoms with Gasteiger partial charge >= 0.3 is 0 Å². The number of hydrogen-bond donors (Lipinski definition) is 1. The van der Waals surface area contributed by atoms with Gasteiger partial charge in [-0.25, -0.2) is 4.39 Å². The highest BCUT2D eigenvalue weighted by atomic mass is 35.5. The van der Waals surface area contributed by atoms with Crippen LogP contribution in [0.15, 0.2) is 18.2 Å². The van der Waals surface area contributed by atoms with Crippen LogP contribution in [-0.4, -0.2) is 13.6 Å². The summed E-state index contributed by atoms with van der Waals surface area (Å²) in [6.45, 7) is 0.815. The van der Waals surface area contributed by atoms with Crippen LogP contribution in [0.4, 0.5) is 4.39 Å². The number of benzene rings is 1. The van der Waals surface area contributed by atoms with E-state index in [1.165, 1.54) is 25.3 Å². The Morgan fingerprint density at radius 1 is 1.33 bits per heavy atom. The Morgan fingerprint density at radius 3 is 2.56 bits per heavy atom. The third kappa shape index (κ3) is 1.70. The van der Waals surface area contributed by atoms with Gasteiger partial charge < -0.3 is 5.32 Å². The van der Waals surface area contributed by atoms with Gasteiger partial charge in [0, 0.05) is 22.5 Å². The first-order valence-corrected chi connectivity index (χ1v) is 7.08. The molecule has 0 radical (unpaired) electrons. The number of halogens is 2. The van der Waals surface area contributed by atoms with Crippen LogP contribution >= 0.6 is 11.6 Å². The van der Waals surface area contributed by atoms with Crippen molar-refractivity contribution >= 4 is 11.6 Å². The zero-order valence-corrected chi connectivity index (χ0v) is 11.5. The van der Waals surface area contributed by atoms with Crippen LogP contribution in [0.3, 0.4) is 0 Å². The molecule has 1 nitrogen and oxygen atoms in total. The molecular weight excluding hydrogens is 249 g/mol. The molecule has 0 amide bonds. The lowest BCUT2D eigenvalue weighted by molar-refractivity contribution is -0.0489. The second kappa shape index (κ2) is 4.21. The van der Waals surface area contributed by atoms with Gasteiger partial charge in [-0.15, -0.1) is 0 Å². The maximum Gasteiger partial charge on any atom is 0.128 e. The van der Waals surface area contributed by atoms with E-state index in [1.54, 1.807) is 6.07 Å². The molecule has 1 spiro atoms. The number of nitrogens with one attached hydrogen (secondary N) is 1. The monoisotopic (exact) mass is 267 g/mol. The van der Waals surface area contributed by atoms with Crippen molar-refractivity contribution in [1.29, 1.82) is 0 Å². The molecule has 0 heterocycles. The molecule has 2 aliphatic rings. The average Bonchev–Trinajstić information content (AvgIpc) is 2.21. The summed E-state index contributed by atoms with van der Waals surface area (Å²) >= 11 is 6.25. The minimum absolute atomic E-state index is 0.0857. The van der Waals surface area contributed by atoms with E-state index in [4.69, 9.17) is 11.6 Å². The first-order valence-electron chi connectivity index (χ1n) is 6.70. The highest BCUT2D eigenvalue weighted by molar-refractivity contribution is 6.31. The van der Waals surface area contributed by atoms with Crippen LogP contribution in [0.1, 0.15) is 37.7 Å². The minimum Gasteiger partial charge on any atom is -0.319 e. The quantitative estimate of drug-likeness (QED) is 0.876. The maximum atomic E-state index is 14.2. The Bertz CT molecular complexity index is 439. The Labute approximate surface area is 113 Å². The fourth-order valence-corrected chi connectivity index (χ4v) is 4.51. The fourth-order valence-electron chi connectivity index (χ4n) is 4.15. The lowest BCUT2D eigenvalue weighted by Crippen LogP contribution is -2.57. The Hall–Kier alpha value is -0.600. The second-order valence-corrected chi connectivity index (χ2v) is 6.52. The normalized spacial score (nSPS) is 23.5. The molecule has 0 aliphatic heterocycles. The van der Waals surface area contributed by atoms with E-state index in [-0.39, 0.29) is 11.2 Å². The van der Waals surface area contributed by atoms with Crippen molar-refractivity contribution in [2.45, 2.75) is 37.5 Å². The van der Waals surface area contributed by atoms with E-state index in [0.717, 1.165) is 24.9 Å². The molecule has 1 aromatic rings. The van der Waals surface area contributed by atoms with Crippen molar-refractivity contribution in [2.24, 2.45) is 5.41 Å². The molecule has 2 aliphatic carbocycles. The highest BCUT2D eigenvalue weighted by Gasteiger charge is 2.58. The fraction of sp³-hybridized carbons (Fsp3) is 0.600. The SMILES string of the molecule is CNCC1(c2c(F)cccc2Cl)CC2(CCC2)C1. The van der Waals surface area contributed by atoms with Crippen molar-refractivity contribution in [1.82, 2.24) is 5.32 Å². The van der Waals surface area contributed by atoms with Crippen LogP contribution in [0.5, 0.6) is 0 Å². The van der Waals surface area contributed by atoms with Gasteiger partial charge in [0.2, 0.25) is 0 Å². The summed E-state index contributed by atoms with van der Waals surface area (Å²) in [6, 6.07) is 5.03. The molecule has 0 unspecified atom stereocenters. The molecule has 18 heavy (non-hydrogen) atoms. The van der Waals surface area contributed by atoms with E-state index >= 15 is 0 Å². The third-order valence-electron chi connectivity index (χ3n) is 4.85. The van der Waals surface area contributed by atoms with E-state index in [0.29, 0.717) is 10.4 Å². The Balaban J connectivity index is 1.95. The smallest absolute Gasteiger partial charge is 0.128 e. The van der Waals surface area contributed by atoms with Crippen molar-refractivity contribution in [3.63, 3.8) is 0 Å². The summed E-state index contributed by atoms with van der Waals surface area (Å²) in [6.07, 6.45) is 6.12. The molecule has 98 valence electrons. The van der Waals surface area contributed by atoms with Gasteiger partial charge in [-0.1, -0.05) is 24.1 Å². The van der Waals surface area contributed by atoms with Crippen LogP contribution in [0, 0.1) is 11.2 Å². The van der Waals surface area contributed by atoms with Gasteiger partial charge in [0.15, 0.2) is 0 Å². The van der Waals surface area contributed by atoms with Gasteiger partial charge in [0.1, 0.15) is 5.82 Å². The van der Waals surface area contributed by atoms with Gasteiger partial charge in [-0.05, 0) is 50.3 Å².